The van der Waals surface area contributed by atoms with Crippen LogP contribution in [0.4, 0.5) is 0 Å². The molecule has 0 saturated heterocycles. The third kappa shape index (κ3) is 4.91. The zero-order valence-electron chi connectivity index (χ0n) is 9.53. The number of amides is 1. The molecule has 0 aliphatic rings. The Balaban J connectivity index is 2.12. The Morgan fingerprint density at radius 3 is 2.88 bits per heavy atom. The highest BCUT2D eigenvalue weighted by molar-refractivity contribution is 5.74. The zero-order chi connectivity index (χ0) is 11.8. The lowest BCUT2D eigenvalue weighted by molar-refractivity contribution is -0.122. The number of hydrogen-bond acceptors (Lipinski definition) is 3. The maximum Gasteiger partial charge on any atom is 0.243 e. The second-order valence-electron chi connectivity index (χ2n) is 3.62. The SMILES string of the molecule is Cc1ccccc1CNCCOCC(N)=O. The van der Waals surface area contributed by atoms with Gasteiger partial charge in [-0.1, -0.05) is 24.3 Å². The molecule has 0 aliphatic carbocycles. The molecular weight excluding hydrogens is 204 g/mol. The van der Waals surface area contributed by atoms with Gasteiger partial charge < -0.3 is 15.8 Å². The number of primary amides is 1. The van der Waals surface area contributed by atoms with Crippen molar-refractivity contribution in [2.75, 3.05) is 19.8 Å². The third-order valence-corrected chi connectivity index (χ3v) is 2.24. The van der Waals surface area contributed by atoms with Gasteiger partial charge in [0, 0.05) is 13.1 Å². The minimum Gasteiger partial charge on any atom is -0.370 e. The van der Waals surface area contributed by atoms with Crippen LogP contribution in [-0.2, 0) is 16.1 Å². The highest BCUT2D eigenvalue weighted by Gasteiger charge is 1.96. The lowest BCUT2D eigenvalue weighted by Crippen LogP contribution is -2.23. The van der Waals surface area contributed by atoms with Crippen molar-refractivity contribution >= 4 is 5.91 Å². The van der Waals surface area contributed by atoms with Gasteiger partial charge in [-0.05, 0) is 18.1 Å². The lowest BCUT2D eigenvalue weighted by atomic mass is 10.1. The first-order valence-corrected chi connectivity index (χ1v) is 5.31. The summed E-state index contributed by atoms with van der Waals surface area (Å²) in [5.74, 6) is -0.432. The van der Waals surface area contributed by atoms with E-state index in [1.165, 1.54) is 11.1 Å². The van der Waals surface area contributed by atoms with Gasteiger partial charge in [-0.15, -0.1) is 0 Å². The van der Waals surface area contributed by atoms with Crippen LogP contribution >= 0.6 is 0 Å². The van der Waals surface area contributed by atoms with Crippen LogP contribution in [0.5, 0.6) is 0 Å². The van der Waals surface area contributed by atoms with E-state index in [1.54, 1.807) is 0 Å². The van der Waals surface area contributed by atoms with Crippen LogP contribution in [0.3, 0.4) is 0 Å². The molecule has 4 nitrogen and oxygen atoms in total. The molecule has 0 aromatic heterocycles. The highest BCUT2D eigenvalue weighted by atomic mass is 16.5. The van der Waals surface area contributed by atoms with Gasteiger partial charge >= 0.3 is 0 Å². The molecule has 1 aromatic carbocycles. The summed E-state index contributed by atoms with van der Waals surface area (Å²) in [5.41, 5.74) is 7.48. The number of carbonyl (C=O) groups excluding carboxylic acids is 1. The Hall–Kier alpha value is -1.39. The largest absolute Gasteiger partial charge is 0.370 e. The van der Waals surface area contributed by atoms with Crippen LogP contribution in [0, 0.1) is 6.92 Å². The predicted molar refractivity (Wildman–Crippen MR) is 62.9 cm³/mol. The topological polar surface area (TPSA) is 64.3 Å². The standard InChI is InChI=1S/C12H18N2O2/c1-10-4-2-3-5-11(10)8-14-6-7-16-9-12(13)15/h2-5,14H,6-9H2,1H3,(H2,13,15). The summed E-state index contributed by atoms with van der Waals surface area (Å²) < 4.78 is 5.03. The first kappa shape index (κ1) is 12.7. The number of nitrogens with two attached hydrogens (primary N) is 1. The number of benzene rings is 1. The summed E-state index contributed by atoms with van der Waals surface area (Å²) in [6, 6.07) is 8.22. The Bertz CT molecular complexity index is 340. The van der Waals surface area contributed by atoms with Gasteiger partial charge in [0.1, 0.15) is 6.61 Å². The fourth-order valence-corrected chi connectivity index (χ4v) is 1.35. The molecule has 1 rings (SSSR count). The van der Waals surface area contributed by atoms with E-state index in [-0.39, 0.29) is 6.61 Å². The van der Waals surface area contributed by atoms with Crippen molar-refractivity contribution in [3.05, 3.63) is 35.4 Å². The van der Waals surface area contributed by atoms with Gasteiger partial charge in [0.2, 0.25) is 5.91 Å². The van der Waals surface area contributed by atoms with E-state index in [1.807, 2.05) is 12.1 Å². The fourth-order valence-electron chi connectivity index (χ4n) is 1.35. The van der Waals surface area contributed by atoms with Crippen LogP contribution in [-0.4, -0.2) is 25.7 Å². The van der Waals surface area contributed by atoms with Gasteiger partial charge in [-0.3, -0.25) is 4.79 Å². The molecular formula is C12H18N2O2. The molecule has 88 valence electrons. The van der Waals surface area contributed by atoms with Crippen LogP contribution in [0.25, 0.3) is 0 Å². The summed E-state index contributed by atoms with van der Waals surface area (Å²) in [7, 11) is 0. The minimum atomic E-state index is -0.432. The number of ether oxygens (including phenoxy) is 1. The number of rotatable bonds is 7. The van der Waals surface area contributed by atoms with Crippen molar-refractivity contribution in [2.24, 2.45) is 5.73 Å². The van der Waals surface area contributed by atoms with E-state index in [2.05, 4.69) is 24.4 Å². The molecule has 1 amide bonds. The molecule has 0 spiro atoms. The quantitative estimate of drug-likeness (QED) is 0.663. The van der Waals surface area contributed by atoms with E-state index in [9.17, 15) is 4.79 Å². The average molecular weight is 222 g/mol. The highest BCUT2D eigenvalue weighted by Crippen LogP contribution is 2.05. The fraction of sp³-hybridized carbons (Fsp3) is 0.417. The summed E-state index contributed by atoms with van der Waals surface area (Å²) >= 11 is 0. The zero-order valence-corrected chi connectivity index (χ0v) is 9.53. The van der Waals surface area contributed by atoms with E-state index < -0.39 is 5.91 Å². The van der Waals surface area contributed by atoms with E-state index in [0.29, 0.717) is 13.2 Å². The third-order valence-electron chi connectivity index (χ3n) is 2.24. The first-order valence-electron chi connectivity index (χ1n) is 5.31. The van der Waals surface area contributed by atoms with Gasteiger partial charge in [0.15, 0.2) is 0 Å². The number of aryl methyl sites for hydroxylation is 1. The van der Waals surface area contributed by atoms with Crippen LogP contribution in [0.2, 0.25) is 0 Å². The lowest BCUT2D eigenvalue weighted by Gasteiger charge is -2.07. The molecule has 1 aromatic rings. The molecule has 0 heterocycles. The number of hydrogen-bond donors (Lipinski definition) is 2. The Morgan fingerprint density at radius 2 is 2.19 bits per heavy atom. The maximum atomic E-state index is 10.4. The molecule has 0 atom stereocenters. The molecule has 0 bridgehead atoms. The molecule has 0 unspecified atom stereocenters. The second-order valence-corrected chi connectivity index (χ2v) is 3.62. The van der Waals surface area contributed by atoms with Gasteiger partial charge in [0.25, 0.3) is 0 Å². The van der Waals surface area contributed by atoms with E-state index >= 15 is 0 Å². The molecule has 0 saturated carbocycles. The van der Waals surface area contributed by atoms with Crippen molar-refractivity contribution in [2.45, 2.75) is 13.5 Å². The smallest absolute Gasteiger partial charge is 0.243 e. The van der Waals surface area contributed by atoms with Crippen molar-refractivity contribution in [1.29, 1.82) is 0 Å². The summed E-state index contributed by atoms with van der Waals surface area (Å²) in [6.07, 6.45) is 0. The first-order chi connectivity index (χ1) is 7.70. The van der Waals surface area contributed by atoms with Crippen molar-refractivity contribution in [3.63, 3.8) is 0 Å². The molecule has 16 heavy (non-hydrogen) atoms. The van der Waals surface area contributed by atoms with E-state index in [4.69, 9.17) is 10.5 Å². The molecule has 0 fully saturated rings. The van der Waals surface area contributed by atoms with Crippen LogP contribution < -0.4 is 11.1 Å². The van der Waals surface area contributed by atoms with E-state index in [0.717, 1.165) is 6.54 Å². The van der Waals surface area contributed by atoms with Gasteiger partial charge in [-0.25, -0.2) is 0 Å². The number of nitrogens with one attached hydrogen (secondary N) is 1. The summed E-state index contributed by atoms with van der Waals surface area (Å²) in [4.78, 5) is 10.4. The monoisotopic (exact) mass is 222 g/mol. The van der Waals surface area contributed by atoms with Crippen LogP contribution in [0.1, 0.15) is 11.1 Å². The normalized spacial score (nSPS) is 10.3. The van der Waals surface area contributed by atoms with Crippen LogP contribution in [0.15, 0.2) is 24.3 Å². The summed E-state index contributed by atoms with van der Waals surface area (Å²) in [6.45, 7) is 4.09. The van der Waals surface area contributed by atoms with Gasteiger partial charge in [0.05, 0.1) is 6.61 Å². The van der Waals surface area contributed by atoms with Crippen molar-refractivity contribution in [1.82, 2.24) is 5.32 Å². The maximum absolute atomic E-state index is 10.4. The molecule has 4 heteroatoms. The predicted octanol–water partition coefficient (Wildman–Crippen LogP) is 0.587. The van der Waals surface area contributed by atoms with Gasteiger partial charge in [-0.2, -0.15) is 0 Å². The van der Waals surface area contributed by atoms with Crippen molar-refractivity contribution in [3.8, 4) is 0 Å². The Morgan fingerprint density at radius 1 is 1.44 bits per heavy atom. The van der Waals surface area contributed by atoms with Crippen molar-refractivity contribution < 1.29 is 9.53 Å². The Kier molecular flexibility index (Phi) is 5.53. The number of carbonyl (C=O) groups is 1. The second kappa shape index (κ2) is 6.98. The average Bonchev–Trinajstić information content (AvgIpc) is 2.25. The molecule has 3 N–H and O–H groups in total. The Labute approximate surface area is 95.8 Å². The minimum absolute atomic E-state index is 0.00789. The molecule has 0 radical (unpaired) electrons. The summed E-state index contributed by atoms with van der Waals surface area (Å²) in [5, 5.41) is 3.24. The molecule has 0 aliphatic heterocycles.